The smallest absolute Gasteiger partial charge is 0.142 e. The molecule has 2 unspecified atom stereocenters. The maximum Gasteiger partial charge on any atom is 0.142 e. The van der Waals surface area contributed by atoms with E-state index < -0.39 is 0 Å². The van der Waals surface area contributed by atoms with Crippen LogP contribution >= 0.6 is 15.9 Å². The van der Waals surface area contributed by atoms with Gasteiger partial charge in [-0.05, 0) is 46.2 Å². The number of nitrogens with two attached hydrogens (primary N) is 1. The Hall–Kier alpha value is -0.450. The van der Waals surface area contributed by atoms with E-state index in [1.165, 1.54) is 12.8 Å². The van der Waals surface area contributed by atoms with Gasteiger partial charge in [0.05, 0.1) is 10.5 Å². The molecule has 18 heavy (non-hydrogen) atoms. The van der Waals surface area contributed by atoms with Crippen molar-refractivity contribution < 1.29 is 4.39 Å². The quantitative estimate of drug-likeness (QED) is 0.655. The Morgan fingerprint density at radius 3 is 2.78 bits per heavy atom. The molecule has 1 aromatic carbocycles. The van der Waals surface area contributed by atoms with Crippen LogP contribution in [0.25, 0.3) is 0 Å². The molecule has 2 nitrogen and oxygen atoms in total. The first-order chi connectivity index (χ1) is 8.47. The lowest BCUT2D eigenvalue weighted by atomic mass is 9.75. The summed E-state index contributed by atoms with van der Waals surface area (Å²) in [5, 5.41) is 0. The molecule has 1 aliphatic carbocycles. The first kappa shape index (κ1) is 14.0. The Morgan fingerprint density at radius 1 is 1.50 bits per heavy atom. The Morgan fingerprint density at radius 2 is 2.22 bits per heavy atom. The van der Waals surface area contributed by atoms with Crippen LogP contribution in [0.4, 0.5) is 4.39 Å². The minimum absolute atomic E-state index is 0.125. The molecule has 3 N–H and O–H groups in total. The van der Waals surface area contributed by atoms with Crippen LogP contribution < -0.4 is 11.3 Å². The number of halogens is 2. The first-order valence-electron chi connectivity index (χ1n) is 6.37. The summed E-state index contributed by atoms with van der Waals surface area (Å²) in [6.07, 6.45) is 3.45. The van der Waals surface area contributed by atoms with Crippen LogP contribution in [0.15, 0.2) is 22.7 Å². The second kappa shape index (κ2) is 5.27. The van der Waals surface area contributed by atoms with Gasteiger partial charge < -0.3 is 0 Å². The molecule has 1 saturated carbocycles. The standard InChI is InChI=1S/C14H20BrFN2/c1-14(2)8-4-6-10(14)13(18-17)9-5-3-7-11(15)12(9)16/h3,5,7,10,13,18H,4,6,8,17H2,1-2H3. The lowest BCUT2D eigenvalue weighted by Gasteiger charge is -2.34. The van der Waals surface area contributed by atoms with Crippen molar-refractivity contribution in [2.45, 2.75) is 39.2 Å². The molecule has 0 radical (unpaired) electrons. The highest BCUT2D eigenvalue weighted by Gasteiger charge is 2.40. The van der Waals surface area contributed by atoms with Gasteiger partial charge in [0.15, 0.2) is 0 Å². The highest BCUT2D eigenvalue weighted by Crippen LogP contribution is 2.49. The van der Waals surface area contributed by atoms with Gasteiger partial charge in [-0.3, -0.25) is 11.3 Å². The molecular formula is C14H20BrFN2. The van der Waals surface area contributed by atoms with Crippen LogP contribution in [-0.4, -0.2) is 0 Å². The average Bonchev–Trinajstić information content (AvgIpc) is 2.66. The van der Waals surface area contributed by atoms with E-state index >= 15 is 0 Å². The molecule has 0 bridgehead atoms. The van der Waals surface area contributed by atoms with E-state index in [2.05, 4.69) is 35.2 Å². The second-order valence-corrected chi connectivity index (χ2v) is 6.63. The maximum atomic E-state index is 14.2. The largest absolute Gasteiger partial charge is 0.271 e. The lowest BCUT2D eigenvalue weighted by molar-refractivity contribution is 0.195. The van der Waals surface area contributed by atoms with Crippen LogP contribution in [-0.2, 0) is 0 Å². The summed E-state index contributed by atoms with van der Waals surface area (Å²) in [6, 6.07) is 5.26. The van der Waals surface area contributed by atoms with Crippen molar-refractivity contribution in [3.63, 3.8) is 0 Å². The van der Waals surface area contributed by atoms with Crippen molar-refractivity contribution >= 4 is 15.9 Å². The molecule has 0 amide bonds. The number of rotatable bonds is 3. The normalized spacial score (nSPS) is 24.2. The summed E-state index contributed by atoms with van der Waals surface area (Å²) in [4.78, 5) is 0. The molecule has 0 heterocycles. The van der Waals surface area contributed by atoms with Crippen LogP contribution in [0.1, 0.15) is 44.7 Å². The Bertz CT molecular complexity index is 434. The van der Waals surface area contributed by atoms with Crippen molar-refractivity contribution in [3.8, 4) is 0 Å². The van der Waals surface area contributed by atoms with Crippen molar-refractivity contribution in [2.24, 2.45) is 17.2 Å². The van der Waals surface area contributed by atoms with E-state index in [1.54, 1.807) is 6.07 Å². The Kier molecular flexibility index (Phi) is 4.09. The van der Waals surface area contributed by atoms with Gasteiger partial charge in [0, 0.05) is 5.56 Å². The van der Waals surface area contributed by atoms with Crippen molar-refractivity contribution in [1.29, 1.82) is 0 Å². The van der Waals surface area contributed by atoms with Gasteiger partial charge in [0.2, 0.25) is 0 Å². The SMILES string of the molecule is CC1(C)CCCC1C(NN)c1cccc(Br)c1F. The lowest BCUT2D eigenvalue weighted by Crippen LogP contribution is -2.38. The average molecular weight is 315 g/mol. The van der Waals surface area contributed by atoms with Crippen LogP contribution in [0.3, 0.4) is 0 Å². The molecule has 2 rings (SSSR count). The Balaban J connectivity index is 2.37. The van der Waals surface area contributed by atoms with Gasteiger partial charge in [-0.1, -0.05) is 32.4 Å². The molecule has 4 heteroatoms. The zero-order valence-electron chi connectivity index (χ0n) is 10.8. The Labute approximate surface area is 116 Å². The van der Waals surface area contributed by atoms with Gasteiger partial charge >= 0.3 is 0 Å². The maximum absolute atomic E-state index is 14.2. The zero-order valence-corrected chi connectivity index (χ0v) is 12.4. The van der Waals surface area contributed by atoms with Crippen LogP contribution in [0, 0.1) is 17.2 Å². The topological polar surface area (TPSA) is 38.0 Å². The number of hydrogen-bond acceptors (Lipinski definition) is 2. The molecule has 1 aliphatic rings. The third kappa shape index (κ3) is 2.46. The summed E-state index contributed by atoms with van der Waals surface area (Å²) in [7, 11) is 0. The molecular weight excluding hydrogens is 295 g/mol. The fourth-order valence-corrected chi connectivity index (χ4v) is 3.54. The van der Waals surface area contributed by atoms with Crippen LogP contribution in [0.2, 0.25) is 0 Å². The predicted molar refractivity (Wildman–Crippen MR) is 75.3 cm³/mol. The molecule has 1 fully saturated rings. The molecule has 0 aromatic heterocycles. The number of benzene rings is 1. The van der Waals surface area contributed by atoms with Gasteiger partial charge in [0.25, 0.3) is 0 Å². The number of hydrogen-bond donors (Lipinski definition) is 2. The monoisotopic (exact) mass is 314 g/mol. The van der Waals surface area contributed by atoms with Crippen molar-refractivity contribution in [1.82, 2.24) is 5.43 Å². The van der Waals surface area contributed by atoms with E-state index in [0.717, 1.165) is 6.42 Å². The summed E-state index contributed by atoms with van der Waals surface area (Å²) in [5.41, 5.74) is 3.68. The van der Waals surface area contributed by atoms with Gasteiger partial charge in [0.1, 0.15) is 5.82 Å². The van der Waals surface area contributed by atoms with E-state index in [-0.39, 0.29) is 17.3 Å². The van der Waals surface area contributed by atoms with Gasteiger partial charge in [-0.15, -0.1) is 0 Å². The first-order valence-corrected chi connectivity index (χ1v) is 7.16. The highest BCUT2D eigenvalue weighted by molar-refractivity contribution is 9.10. The second-order valence-electron chi connectivity index (χ2n) is 5.77. The number of nitrogens with one attached hydrogen (secondary N) is 1. The zero-order chi connectivity index (χ0) is 13.3. The minimum Gasteiger partial charge on any atom is -0.271 e. The molecule has 100 valence electrons. The molecule has 0 saturated heterocycles. The van der Waals surface area contributed by atoms with Gasteiger partial charge in [-0.25, -0.2) is 4.39 Å². The minimum atomic E-state index is -0.205. The third-order valence-electron chi connectivity index (χ3n) is 4.24. The van der Waals surface area contributed by atoms with Gasteiger partial charge in [-0.2, -0.15) is 0 Å². The van der Waals surface area contributed by atoms with Crippen LogP contribution in [0.5, 0.6) is 0 Å². The fraction of sp³-hybridized carbons (Fsp3) is 0.571. The summed E-state index contributed by atoms with van der Waals surface area (Å²) < 4.78 is 14.7. The van der Waals surface area contributed by atoms with E-state index in [1.807, 2.05) is 12.1 Å². The van der Waals surface area contributed by atoms with E-state index in [9.17, 15) is 4.39 Å². The predicted octanol–water partition coefficient (Wildman–Crippen LogP) is 3.92. The van der Waals surface area contributed by atoms with E-state index in [4.69, 9.17) is 5.84 Å². The van der Waals surface area contributed by atoms with Crippen molar-refractivity contribution in [3.05, 3.63) is 34.1 Å². The molecule has 1 aromatic rings. The van der Waals surface area contributed by atoms with Crippen molar-refractivity contribution in [2.75, 3.05) is 0 Å². The highest BCUT2D eigenvalue weighted by atomic mass is 79.9. The molecule has 2 atom stereocenters. The number of hydrazine groups is 1. The summed E-state index contributed by atoms with van der Waals surface area (Å²) in [6.45, 7) is 4.48. The summed E-state index contributed by atoms with van der Waals surface area (Å²) >= 11 is 3.24. The molecule has 0 spiro atoms. The fourth-order valence-electron chi connectivity index (χ4n) is 3.15. The third-order valence-corrected chi connectivity index (χ3v) is 4.85. The van der Waals surface area contributed by atoms with E-state index in [0.29, 0.717) is 16.0 Å². The molecule has 0 aliphatic heterocycles. The summed E-state index contributed by atoms with van der Waals surface area (Å²) in [5.74, 6) is 5.85.